The molecule has 0 radical (unpaired) electrons. The minimum absolute atomic E-state index is 0.500. The van der Waals surface area contributed by atoms with Crippen molar-refractivity contribution in [2.24, 2.45) is 0 Å². The average Bonchev–Trinajstić information content (AvgIpc) is 2.95. The van der Waals surface area contributed by atoms with Crippen LogP contribution in [0.1, 0.15) is 43.0 Å². The lowest BCUT2D eigenvalue weighted by Gasteiger charge is -2.40. The number of ether oxygens (including phenoxy) is 1. The van der Waals surface area contributed by atoms with Crippen molar-refractivity contribution in [1.82, 2.24) is 14.3 Å². The molecule has 2 fully saturated rings. The van der Waals surface area contributed by atoms with Crippen LogP contribution in [0.15, 0.2) is 24.4 Å². The topological polar surface area (TPSA) is 50.0 Å². The van der Waals surface area contributed by atoms with Gasteiger partial charge in [0, 0.05) is 57.0 Å². The molecule has 1 atom stereocenters. The normalized spacial score (nSPS) is 25.2. The first-order chi connectivity index (χ1) is 11.6. The van der Waals surface area contributed by atoms with Crippen LogP contribution in [0.2, 0.25) is 0 Å². The number of nitrogens with zero attached hydrogens (tertiary/aromatic N) is 3. The summed E-state index contributed by atoms with van der Waals surface area (Å²) in [7, 11) is 0. The third kappa shape index (κ3) is 3.21. The Morgan fingerprint density at radius 3 is 3.00 bits per heavy atom. The molecular formula is C19H27N3O2. The highest BCUT2D eigenvalue weighted by atomic mass is 16.5. The van der Waals surface area contributed by atoms with Crippen LogP contribution in [0, 0.1) is 6.92 Å². The van der Waals surface area contributed by atoms with E-state index >= 15 is 0 Å². The Bertz CT molecular complexity index is 706. The summed E-state index contributed by atoms with van der Waals surface area (Å²) in [6, 6.07) is 6.41. The van der Waals surface area contributed by atoms with E-state index in [1.165, 1.54) is 18.5 Å². The van der Waals surface area contributed by atoms with Gasteiger partial charge in [0.05, 0.1) is 11.3 Å². The number of aromatic nitrogens is 2. The van der Waals surface area contributed by atoms with E-state index < -0.39 is 5.60 Å². The summed E-state index contributed by atoms with van der Waals surface area (Å²) in [4.78, 5) is 7.03. The Kier molecular flexibility index (Phi) is 4.33. The van der Waals surface area contributed by atoms with E-state index in [0.29, 0.717) is 19.1 Å². The summed E-state index contributed by atoms with van der Waals surface area (Å²) < 4.78 is 7.65. The van der Waals surface area contributed by atoms with E-state index in [0.717, 1.165) is 43.8 Å². The summed E-state index contributed by atoms with van der Waals surface area (Å²) in [5.41, 5.74) is 2.87. The van der Waals surface area contributed by atoms with E-state index in [9.17, 15) is 5.11 Å². The molecule has 5 heteroatoms. The minimum atomic E-state index is -0.572. The number of aliphatic hydroxyl groups is 1. The zero-order valence-electron chi connectivity index (χ0n) is 14.4. The van der Waals surface area contributed by atoms with Crippen molar-refractivity contribution >= 4 is 5.65 Å². The lowest BCUT2D eigenvalue weighted by atomic mass is 9.90. The highest BCUT2D eigenvalue weighted by Crippen LogP contribution is 2.30. The zero-order chi connectivity index (χ0) is 16.6. The van der Waals surface area contributed by atoms with Gasteiger partial charge in [-0.1, -0.05) is 6.07 Å². The van der Waals surface area contributed by atoms with Gasteiger partial charge in [0.15, 0.2) is 0 Å². The molecule has 5 nitrogen and oxygen atoms in total. The van der Waals surface area contributed by atoms with Gasteiger partial charge in [-0.25, -0.2) is 4.98 Å². The lowest BCUT2D eigenvalue weighted by Crippen LogP contribution is -2.49. The van der Waals surface area contributed by atoms with Crippen LogP contribution >= 0.6 is 0 Å². The van der Waals surface area contributed by atoms with E-state index in [-0.39, 0.29) is 0 Å². The molecule has 0 aliphatic carbocycles. The monoisotopic (exact) mass is 329 g/mol. The molecule has 0 unspecified atom stereocenters. The Morgan fingerprint density at radius 2 is 2.17 bits per heavy atom. The lowest BCUT2D eigenvalue weighted by molar-refractivity contribution is -0.0824. The number of imidazole rings is 1. The third-order valence-corrected chi connectivity index (χ3v) is 5.51. The summed E-state index contributed by atoms with van der Waals surface area (Å²) in [5, 5.41) is 10.8. The van der Waals surface area contributed by atoms with Crippen molar-refractivity contribution in [3.8, 4) is 0 Å². The van der Waals surface area contributed by atoms with Gasteiger partial charge in [0.1, 0.15) is 5.65 Å². The van der Waals surface area contributed by atoms with Crippen molar-refractivity contribution in [2.75, 3.05) is 32.8 Å². The molecule has 0 amide bonds. The van der Waals surface area contributed by atoms with E-state index in [2.05, 4.69) is 38.7 Å². The number of rotatable bonds is 3. The number of likely N-dealkylation sites (tertiary alicyclic amines) is 1. The predicted molar refractivity (Wildman–Crippen MR) is 93.3 cm³/mol. The third-order valence-electron chi connectivity index (χ3n) is 5.51. The van der Waals surface area contributed by atoms with Crippen LogP contribution in [-0.4, -0.2) is 57.8 Å². The SMILES string of the molecule is Cc1cn2c([C@H]3CCCN(CC4(O)CCOCC4)C3)cccc2n1. The molecule has 2 aliphatic rings. The fourth-order valence-corrected chi connectivity index (χ4v) is 4.25. The second kappa shape index (κ2) is 6.47. The van der Waals surface area contributed by atoms with Crippen LogP contribution < -0.4 is 0 Å². The first-order valence-electron chi connectivity index (χ1n) is 9.10. The molecule has 4 heterocycles. The largest absolute Gasteiger partial charge is 0.388 e. The molecule has 4 rings (SSSR count). The van der Waals surface area contributed by atoms with Gasteiger partial charge in [-0.05, 0) is 38.4 Å². The van der Waals surface area contributed by atoms with Gasteiger partial charge < -0.3 is 14.2 Å². The van der Waals surface area contributed by atoms with Crippen LogP contribution in [0.5, 0.6) is 0 Å². The molecule has 0 aromatic carbocycles. The molecule has 0 bridgehead atoms. The first-order valence-corrected chi connectivity index (χ1v) is 9.10. The second-order valence-electron chi connectivity index (χ2n) is 7.47. The van der Waals surface area contributed by atoms with Crippen LogP contribution in [0.25, 0.3) is 5.65 Å². The summed E-state index contributed by atoms with van der Waals surface area (Å²) >= 11 is 0. The number of pyridine rings is 1. The Hall–Kier alpha value is -1.43. The van der Waals surface area contributed by atoms with E-state index in [4.69, 9.17) is 4.74 Å². The maximum absolute atomic E-state index is 10.8. The molecule has 0 spiro atoms. The maximum Gasteiger partial charge on any atom is 0.137 e. The maximum atomic E-state index is 10.8. The van der Waals surface area contributed by atoms with Gasteiger partial charge in [-0.15, -0.1) is 0 Å². The van der Waals surface area contributed by atoms with Crippen molar-refractivity contribution in [3.05, 3.63) is 35.8 Å². The molecule has 2 aromatic heterocycles. The van der Waals surface area contributed by atoms with Gasteiger partial charge >= 0.3 is 0 Å². The first kappa shape index (κ1) is 16.1. The predicted octanol–water partition coefficient (Wildman–Crippen LogP) is 2.36. The molecule has 0 saturated carbocycles. The van der Waals surface area contributed by atoms with Gasteiger partial charge in [-0.2, -0.15) is 0 Å². The van der Waals surface area contributed by atoms with Crippen LogP contribution in [0.4, 0.5) is 0 Å². The number of fused-ring (bicyclic) bond motifs is 1. The number of hydrogen-bond acceptors (Lipinski definition) is 4. The second-order valence-corrected chi connectivity index (χ2v) is 7.47. The Labute approximate surface area is 143 Å². The molecule has 2 aromatic rings. The molecule has 24 heavy (non-hydrogen) atoms. The summed E-state index contributed by atoms with van der Waals surface area (Å²) in [6.07, 6.45) is 6.03. The minimum Gasteiger partial charge on any atom is -0.388 e. The van der Waals surface area contributed by atoms with E-state index in [1.54, 1.807) is 0 Å². The average molecular weight is 329 g/mol. The van der Waals surface area contributed by atoms with Gasteiger partial charge in [0.2, 0.25) is 0 Å². The zero-order valence-corrected chi connectivity index (χ0v) is 14.4. The van der Waals surface area contributed by atoms with Crippen molar-refractivity contribution in [1.29, 1.82) is 0 Å². The fourth-order valence-electron chi connectivity index (χ4n) is 4.25. The van der Waals surface area contributed by atoms with Crippen molar-refractivity contribution in [3.63, 3.8) is 0 Å². The Morgan fingerprint density at radius 1 is 1.33 bits per heavy atom. The smallest absolute Gasteiger partial charge is 0.137 e. The fraction of sp³-hybridized carbons (Fsp3) is 0.632. The standard InChI is InChI=1S/C19H27N3O2/c1-15-12-22-17(5-2-6-18(22)20-15)16-4-3-9-21(13-16)14-19(23)7-10-24-11-8-19/h2,5-6,12,16,23H,3-4,7-11,13-14H2,1H3/t16-/m0/s1. The molecule has 2 aliphatic heterocycles. The quantitative estimate of drug-likeness (QED) is 0.939. The Balaban J connectivity index is 1.52. The molecule has 1 N–H and O–H groups in total. The van der Waals surface area contributed by atoms with Crippen LogP contribution in [-0.2, 0) is 4.74 Å². The van der Waals surface area contributed by atoms with Crippen molar-refractivity contribution < 1.29 is 9.84 Å². The van der Waals surface area contributed by atoms with E-state index in [1.807, 2.05) is 6.92 Å². The molecule has 130 valence electrons. The number of piperidine rings is 1. The van der Waals surface area contributed by atoms with Gasteiger partial charge in [0.25, 0.3) is 0 Å². The number of β-amino-alcohol motifs (C(OH)–C–C–N with tert-alkyl or cyclic N) is 1. The number of aryl methyl sites for hydroxylation is 1. The van der Waals surface area contributed by atoms with Crippen LogP contribution in [0.3, 0.4) is 0 Å². The summed E-state index contributed by atoms with van der Waals surface area (Å²) in [6.45, 7) is 6.28. The summed E-state index contributed by atoms with van der Waals surface area (Å²) in [5.74, 6) is 0.500. The number of hydrogen-bond donors (Lipinski definition) is 1. The molecule has 2 saturated heterocycles. The van der Waals surface area contributed by atoms with Crippen molar-refractivity contribution in [2.45, 2.75) is 44.1 Å². The molecular weight excluding hydrogens is 302 g/mol. The highest BCUT2D eigenvalue weighted by Gasteiger charge is 2.34. The van der Waals surface area contributed by atoms with Gasteiger partial charge in [-0.3, -0.25) is 4.90 Å². The highest BCUT2D eigenvalue weighted by molar-refractivity contribution is 5.42.